The molecule has 0 atom stereocenters. The molecule has 0 radical (unpaired) electrons. The van der Waals surface area contributed by atoms with Crippen molar-refractivity contribution >= 4 is 32.9 Å². The second-order valence-electron chi connectivity index (χ2n) is 4.33. The minimum atomic E-state index is -3.80. The smallest absolute Gasteiger partial charge is 0.264 e. The highest BCUT2D eigenvalue weighted by molar-refractivity contribution is 7.93. The predicted octanol–water partition coefficient (Wildman–Crippen LogP) is 2.08. The maximum atomic E-state index is 12.5. The second-order valence-corrected chi connectivity index (χ2v) is 6.42. The van der Waals surface area contributed by atoms with Crippen LogP contribution in [0.3, 0.4) is 0 Å². The molecule has 1 aromatic carbocycles. The zero-order chi connectivity index (χ0) is 15.5. The molecule has 0 fully saturated rings. The lowest BCUT2D eigenvalue weighted by atomic mass is 10.1. The minimum Gasteiger partial charge on any atom is -0.388 e. The lowest BCUT2D eigenvalue weighted by Crippen LogP contribution is -2.21. The number of thiocarbonyl (C=S) groups is 1. The van der Waals surface area contributed by atoms with Crippen molar-refractivity contribution in [2.75, 3.05) is 4.72 Å². The Morgan fingerprint density at radius 3 is 2.67 bits per heavy atom. The number of anilines is 1. The van der Waals surface area contributed by atoms with E-state index in [9.17, 15) is 8.42 Å². The van der Waals surface area contributed by atoms with Gasteiger partial charge in [-0.3, -0.25) is 9.71 Å². The first-order valence-corrected chi connectivity index (χ1v) is 8.20. The number of para-hydroxylation sites is 1. The van der Waals surface area contributed by atoms with Crippen molar-refractivity contribution < 1.29 is 8.42 Å². The molecule has 3 N–H and O–H groups in total. The number of pyridine rings is 1. The number of aryl methyl sites for hydroxylation is 1. The number of hydrogen-bond donors (Lipinski definition) is 2. The number of nitrogens with one attached hydrogen (secondary N) is 1. The van der Waals surface area contributed by atoms with E-state index in [4.69, 9.17) is 18.0 Å². The molecule has 0 aliphatic rings. The summed E-state index contributed by atoms with van der Waals surface area (Å²) in [5, 5.41) is 0. The van der Waals surface area contributed by atoms with E-state index in [1.54, 1.807) is 12.1 Å². The summed E-state index contributed by atoms with van der Waals surface area (Å²) in [4.78, 5) is 3.86. The Kier molecular flexibility index (Phi) is 4.54. The molecule has 2 aromatic rings. The van der Waals surface area contributed by atoms with Gasteiger partial charge in [0.25, 0.3) is 10.0 Å². The highest BCUT2D eigenvalue weighted by Crippen LogP contribution is 2.21. The van der Waals surface area contributed by atoms with Gasteiger partial charge in [0.15, 0.2) is 0 Å². The molecule has 0 amide bonds. The van der Waals surface area contributed by atoms with Crippen LogP contribution in [0.15, 0.2) is 47.5 Å². The number of rotatable bonds is 5. The zero-order valence-corrected chi connectivity index (χ0v) is 13.0. The fourth-order valence-corrected chi connectivity index (χ4v) is 3.42. The number of sulfonamides is 1. The van der Waals surface area contributed by atoms with E-state index in [1.165, 1.54) is 18.3 Å². The summed E-state index contributed by atoms with van der Waals surface area (Å²) in [6.45, 7) is 1.96. The van der Waals surface area contributed by atoms with Crippen LogP contribution < -0.4 is 10.5 Å². The molecule has 0 saturated heterocycles. The Morgan fingerprint density at radius 2 is 2.00 bits per heavy atom. The van der Waals surface area contributed by atoms with Gasteiger partial charge in [0.2, 0.25) is 0 Å². The van der Waals surface area contributed by atoms with Crippen LogP contribution in [0.5, 0.6) is 0 Å². The Morgan fingerprint density at radius 1 is 1.29 bits per heavy atom. The molecule has 0 unspecified atom stereocenters. The third-order valence-corrected chi connectivity index (χ3v) is 4.53. The Bertz CT molecular complexity index is 773. The second kappa shape index (κ2) is 6.19. The lowest BCUT2D eigenvalue weighted by Gasteiger charge is -2.13. The van der Waals surface area contributed by atoms with Crippen molar-refractivity contribution in [3.8, 4) is 0 Å². The Hall–Kier alpha value is -1.99. The molecule has 110 valence electrons. The van der Waals surface area contributed by atoms with Gasteiger partial charge in [0.05, 0.1) is 5.69 Å². The van der Waals surface area contributed by atoms with Crippen LogP contribution in [0.4, 0.5) is 5.69 Å². The van der Waals surface area contributed by atoms with Gasteiger partial charge in [-0.15, -0.1) is 0 Å². The first-order valence-electron chi connectivity index (χ1n) is 6.31. The van der Waals surface area contributed by atoms with Crippen LogP contribution >= 0.6 is 12.2 Å². The van der Waals surface area contributed by atoms with Crippen molar-refractivity contribution in [1.29, 1.82) is 0 Å². The quantitative estimate of drug-likeness (QED) is 0.824. The first kappa shape index (κ1) is 15.4. The van der Waals surface area contributed by atoms with E-state index in [2.05, 4.69) is 9.71 Å². The van der Waals surface area contributed by atoms with Gasteiger partial charge in [-0.1, -0.05) is 37.3 Å². The molecule has 1 heterocycles. The molecule has 2 rings (SSSR count). The highest BCUT2D eigenvalue weighted by Gasteiger charge is 2.21. The van der Waals surface area contributed by atoms with Crippen LogP contribution in [0.25, 0.3) is 0 Å². The standard InChI is InChI=1S/C14H15N3O2S2/c1-2-10-6-3-4-7-11(10)17-21(18,19)12-8-5-9-16-13(12)14(15)20/h3-9,17H,2H2,1H3,(H2,15,20). The van der Waals surface area contributed by atoms with E-state index in [-0.39, 0.29) is 15.6 Å². The molecular formula is C14H15N3O2S2. The van der Waals surface area contributed by atoms with E-state index in [1.807, 2.05) is 19.1 Å². The molecular weight excluding hydrogens is 306 g/mol. The average Bonchev–Trinajstić information content (AvgIpc) is 2.47. The van der Waals surface area contributed by atoms with Gasteiger partial charge < -0.3 is 5.73 Å². The predicted molar refractivity (Wildman–Crippen MR) is 86.8 cm³/mol. The summed E-state index contributed by atoms with van der Waals surface area (Å²) < 4.78 is 27.6. The molecule has 5 nitrogen and oxygen atoms in total. The summed E-state index contributed by atoms with van der Waals surface area (Å²) >= 11 is 4.85. The van der Waals surface area contributed by atoms with Crippen molar-refractivity contribution in [1.82, 2.24) is 4.98 Å². The van der Waals surface area contributed by atoms with E-state index < -0.39 is 10.0 Å². The fourth-order valence-electron chi connectivity index (χ4n) is 1.92. The van der Waals surface area contributed by atoms with Gasteiger partial charge in [0.1, 0.15) is 15.6 Å². The van der Waals surface area contributed by atoms with Crippen LogP contribution in [0.1, 0.15) is 18.2 Å². The van der Waals surface area contributed by atoms with Crippen molar-refractivity contribution in [2.24, 2.45) is 5.73 Å². The van der Waals surface area contributed by atoms with Gasteiger partial charge in [-0.05, 0) is 30.2 Å². The van der Waals surface area contributed by atoms with E-state index in [0.717, 1.165) is 5.56 Å². The van der Waals surface area contributed by atoms with Gasteiger partial charge in [0, 0.05) is 6.20 Å². The number of nitrogens with zero attached hydrogens (tertiary/aromatic N) is 1. The monoisotopic (exact) mass is 321 g/mol. The number of hydrogen-bond acceptors (Lipinski definition) is 4. The van der Waals surface area contributed by atoms with Crippen LogP contribution in [-0.4, -0.2) is 18.4 Å². The number of benzene rings is 1. The van der Waals surface area contributed by atoms with Gasteiger partial charge >= 0.3 is 0 Å². The fraction of sp³-hybridized carbons (Fsp3) is 0.143. The van der Waals surface area contributed by atoms with Crippen molar-refractivity contribution in [2.45, 2.75) is 18.2 Å². The largest absolute Gasteiger partial charge is 0.388 e. The summed E-state index contributed by atoms with van der Waals surface area (Å²) in [7, 11) is -3.80. The highest BCUT2D eigenvalue weighted by atomic mass is 32.2. The third-order valence-electron chi connectivity index (χ3n) is 2.94. The maximum absolute atomic E-state index is 12.5. The van der Waals surface area contributed by atoms with Crippen LogP contribution in [0.2, 0.25) is 0 Å². The Balaban J connectivity index is 2.46. The average molecular weight is 321 g/mol. The molecule has 0 spiro atoms. The van der Waals surface area contributed by atoms with Crippen LogP contribution in [-0.2, 0) is 16.4 Å². The van der Waals surface area contributed by atoms with Crippen molar-refractivity contribution in [3.63, 3.8) is 0 Å². The van der Waals surface area contributed by atoms with E-state index >= 15 is 0 Å². The minimum absolute atomic E-state index is 0.0246. The maximum Gasteiger partial charge on any atom is 0.264 e. The zero-order valence-electron chi connectivity index (χ0n) is 11.4. The van der Waals surface area contributed by atoms with Gasteiger partial charge in [-0.25, -0.2) is 8.42 Å². The molecule has 1 aromatic heterocycles. The summed E-state index contributed by atoms with van der Waals surface area (Å²) in [5.41, 5.74) is 7.07. The topological polar surface area (TPSA) is 85.1 Å². The SMILES string of the molecule is CCc1ccccc1NS(=O)(=O)c1cccnc1C(N)=S. The number of aromatic nitrogens is 1. The van der Waals surface area contributed by atoms with E-state index in [0.29, 0.717) is 12.1 Å². The molecule has 0 bridgehead atoms. The van der Waals surface area contributed by atoms with Gasteiger partial charge in [-0.2, -0.15) is 0 Å². The lowest BCUT2D eigenvalue weighted by molar-refractivity contribution is 0.600. The molecule has 0 aliphatic carbocycles. The van der Waals surface area contributed by atoms with Crippen molar-refractivity contribution in [3.05, 3.63) is 53.9 Å². The Labute approximate surface area is 129 Å². The normalized spacial score (nSPS) is 11.1. The summed E-state index contributed by atoms with van der Waals surface area (Å²) in [5.74, 6) is 0. The molecule has 7 heteroatoms. The molecule has 0 saturated carbocycles. The summed E-state index contributed by atoms with van der Waals surface area (Å²) in [6.07, 6.45) is 2.17. The molecule has 21 heavy (non-hydrogen) atoms. The third kappa shape index (κ3) is 3.37. The first-order chi connectivity index (χ1) is 9.95. The molecule has 0 aliphatic heterocycles. The summed E-state index contributed by atoms with van der Waals surface area (Å²) in [6, 6.07) is 10.2. The number of nitrogens with two attached hydrogens (primary N) is 1. The van der Waals surface area contributed by atoms with Crippen LogP contribution in [0, 0.1) is 0 Å².